The summed E-state index contributed by atoms with van der Waals surface area (Å²) in [7, 11) is 0. The van der Waals surface area contributed by atoms with Gasteiger partial charge < -0.3 is 15.3 Å². The highest BCUT2D eigenvalue weighted by Gasteiger charge is 2.09. The van der Waals surface area contributed by atoms with Gasteiger partial charge in [-0.3, -0.25) is 4.79 Å². The molecule has 5 nitrogen and oxygen atoms in total. The zero-order valence-corrected chi connectivity index (χ0v) is 11.7. The van der Waals surface area contributed by atoms with Crippen molar-refractivity contribution in [3.05, 3.63) is 57.8 Å². The van der Waals surface area contributed by atoms with Gasteiger partial charge in [-0.2, -0.15) is 0 Å². The van der Waals surface area contributed by atoms with Crippen LogP contribution in [-0.2, 0) is 4.79 Å². The van der Waals surface area contributed by atoms with E-state index in [0.717, 1.165) is 0 Å². The van der Waals surface area contributed by atoms with E-state index in [-0.39, 0.29) is 12.5 Å². The van der Waals surface area contributed by atoms with Crippen LogP contribution in [0.25, 0.3) is 0 Å². The standard InChI is InChI=1S/C13H10Cl2N2O3/c14-9-5-10(15)7-11(6-9)16-12(18)8-20-13-3-1-2-4-17(13)19/h1-7H,8H2,(H,16,18). The van der Waals surface area contributed by atoms with Crippen molar-refractivity contribution in [1.29, 1.82) is 0 Å². The monoisotopic (exact) mass is 312 g/mol. The Bertz CT molecular complexity index is 615. The minimum Gasteiger partial charge on any atom is -0.616 e. The number of anilines is 1. The topological polar surface area (TPSA) is 65.3 Å². The van der Waals surface area contributed by atoms with Crippen LogP contribution in [-0.4, -0.2) is 12.5 Å². The Morgan fingerprint density at radius 1 is 1.25 bits per heavy atom. The first-order valence-corrected chi connectivity index (χ1v) is 6.37. The molecule has 1 aromatic heterocycles. The molecule has 0 radical (unpaired) electrons. The fraction of sp³-hybridized carbons (Fsp3) is 0.0769. The Balaban J connectivity index is 1.94. The fourth-order valence-corrected chi connectivity index (χ4v) is 2.01. The third-order valence-corrected chi connectivity index (χ3v) is 2.72. The molecule has 0 atom stereocenters. The summed E-state index contributed by atoms with van der Waals surface area (Å²) in [6, 6.07) is 9.34. The van der Waals surface area contributed by atoms with Crippen LogP contribution in [0.2, 0.25) is 10.0 Å². The number of pyridine rings is 1. The van der Waals surface area contributed by atoms with Crippen molar-refractivity contribution in [3.8, 4) is 5.88 Å². The predicted molar refractivity (Wildman–Crippen MR) is 76.0 cm³/mol. The Morgan fingerprint density at radius 3 is 2.60 bits per heavy atom. The molecule has 0 unspecified atom stereocenters. The number of nitrogens with zero attached hydrogens (tertiary/aromatic N) is 1. The molecule has 0 saturated carbocycles. The van der Waals surface area contributed by atoms with Gasteiger partial charge >= 0.3 is 5.88 Å². The number of ether oxygens (including phenoxy) is 1. The molecule has 2 aromatic rings. The number of aromatic nitrogens is 1. The normalized spacial score (nSPS) is 10.1. The van der Waals surface area contributed by atoms with Crippen molar-refractivity contribution in [2.75, 3.05) is 11.9 Å². The van der Waals surface area contributed by atoms with Gasteiger partial charge in [0.25, 0.3) is 5.91 Å². The molecule has 2 rings (SSSR count). The first-order valence-electron chi connectivity index (χ1n) is 5.61. The number of hydrogen-bond acceptors (Lipinski definition) is 3. The van der Waals surface area contributed by atoms with Crippen LogP contribution in [0.5, 0.6) is 5.88 Å². The average molecular weight is 313 g/mol. The highest BCUT2D eigenvalue weighted by molar-refractivity contribution is 6.35. The lowest BCUT2D eigenvalue weighted by Crippen LogP contribution is -2.30. The van der Waals surface area contributed by atoms with Crippen LogP contribution in [0.4, 0.5) is 5.69 Å². The zero-order valence-electron chi connectivity index (χ0n) is 10.2. The number of carbonyl (C=O) groups excluding carboxylic acids is 1. The maximum absolute atomic E-state index is 11.7. The average Bonchev–Trinajstić information content (AvgIpc) is 2.36. The zero-order chi connectivity index (χ0) is 14.5. The summed E-state index contributed by atoms with van der Waals surface area (Å²) in [5.41, 5.74) is 0.458. The van der Waals surface area contributed by atoms with Gasteiger partial charge in [0.05, 0.1) is 6.07 Å². The minimum atomic E-state index is -0.424. The summed E-state index contributed by atoms with van der Waals surface area (Å²) >= 11 is 11.6. The molecule has 0 saturated heterocycles. The molecule has 0 spiro atoms. The van der Waals surface area contributed by atoms with Crippen LogP contribution < -0.4 is 14.8 Å². The lowest BCUT2D eigenvalue weighted by molar-refractivity contribution is -0.612. The van der Waals surface area contributed by atoms with Crippen LogP contribution >= 0.6 is 23.2 Å². The summed E-state index contributed by atoms with van der Waals surface area (Å²) < 4.78 is 5.63. The first-order chi connectivity index (χ1) is 9.54. The molecule has 0 aliphatic carbocycles. The largest absolute Gasteiger partial charge is 0.616 e. The third-order valence-electron chi connectivity index (χ3n) is 2.29. The molecule has 20 heavy (non-hydrogen) atoms. The van der Waals surface area contributed by atoms with Crippen molar-refractivity contribution >= 4 is 34.8 Å². The van der Waals surface area contributed by atoms with Crippen molar-refractivity contribution < 1.29 is 14.3 Å². The number of hydrogen-bond donors (Lipinski definition) is 1. The quantitative estimate of drug-likeness (QED) is 0.697. The molecule has 1 N–H and O–H groups in total. The van der Waals surface area contributed by atoms with Gasteiger partial charge in [0.15, 0.2) is 12.8 Å². The van der Waals surface area contributed by atoms with Crippen molar-refractivity contribution in [2.45, 2.75) is 0 Å². The Labute approximate surface area is 125 Å². The first kappa shape index (κ1) is 14.4. The van der Waals surface area contributed by atoms with E-state index in [9.17, 15) is 10.0 Å². The van der Waals surface area contributed by atoms with E-state index in [0.29, 0.717) is 20.5 Å². The van der Waals surface area contributed by atoms with Crippen molar-refractivity contribution in [3.63, 3.8) is 0 Å². The number of carbonyl (C=O) groups is 1. The molecular formula is C13H10Cl2N2O3. The predicted octanol–water partition coefficient (Wildman–Crippen LogP) is 2.64. The fourth-order valence-electron chi connectivity index (χ4n) is 1.49. The summed E-state index contributed by atoms with van der Waals surface area (Å²) in [5, 5.41) is 14.7. The smallest absolute Gasteiger partial charge is 0.379 e. The summed E-state index contributed by atoms with van der Waals surface area (Å²) in [5.74, 6) is -0.376. The Hall–Kier alpha value is -1.98. The minimum absolute atomic E-state index is 0.0479. The molecule has 104 valence electrons. The highest BCUT2D eigenvalue weighted by atomic mass is 35.5. The molecule has 0 bridgehead atoms. The lowest BCUT2D eigenvalue weighted by atomic mass is 10.3. The summed E-state index contributed by atoms with van der Waals surface area (Å²) in [6.07, 6.45) is 1.28. The summed E-state index contributed by atoms with van der Waals surface area (Å²) in [6.45, 7) is -0.295. The van der Waals surface area contributed by atoms with E-state index in [1.54, 1.807) is 30.3 Å². The van der Waals surface area contributed by atoms with Crippen molar-refractivity contribution in [2.24, 2.45) is 0 Å². The van der Waals surface area contributed by atoms with Crippen LogP contribution in [0, 0.1) is 5.21 Å². The third kappa shape index (κ3) is 4.01. The molecule has 0 aliphatic heterocycles. The van der Waals surface area contributed by atoms with Gasteiger partial charge in [0.2, 0.25) is 0 Å². The van der Waals surface area contributed by atoms with E-state index >= 15 is 0 Å². The summed E-state index contributed by atoms with van der Waals surface area (Å²) in [4.78, 5) is 11.7. The molecular weight excluding hydrogens is 303 g/mol. The van der Waals surface area contributed by atoms with Gasteiger partial charge in [-0.15, -0.1) is 4.73 Å². The molecule has 1 amide bonds. The number of benzene rings is 1. The maximum atomic E-state index is 11.7. The number of amides is 1. The van der Waals surface area contributed by atoms with Crippen molar-refractivity contribution in [1.82, 2.24) is 0 Å². The van der Waals surface area contributed by atoms with Gasteiger partial charge in [0.1, 0.15) is 0 Å². The second kappa shape index (κ2) is 6.45. The molecule has 1 heterocycles. The van der Waals surface area contributed by atoms with Gasteiger partial charge in [-0.25, -0.2) is 0 Å². The van der Waals surface area contributed by atoms with Crippen LogP contribution in [0.3, 0.4) is 0 Å². The number of rotatable bonds is 4. The van der Waals surface area contributed by atoms with Gasteiger partial charge in [0, 0.05) is 21.8 Å². The van der Waals surface area contributed by atoms with E-state index in [1.807, 2.05) is 0 Å². The maximum Gasteiger partial charge on any atom is 0.379 e. The molecule has 0 aliphatic rings. The molecule has 7 heteroatoms. The second-order valence-corrected chi connectivity index (χ2v) is 4.73. The SMILES string of the molecule is O=C(COc1cccc[n+]1[O-])Nc1cc(Cl)cc(Cl)c1. The molecule has 0 fully saturated rings. The van der Waals surface area contributed by atoms with E-state index < -0.39 is 5.91 Å². The molecule has 1 aromatic carbocycles. The van der Waals surface area contributed by atoms with E-state index in [2.05, 4.69) is 5.32 Å². The number of nitrogens with one attached hydrogen (secondary N) is 1. The second-order valence-electron chi connectivity index (χ2n) is 3.86. The van der Waals surface area contributed by atoms with Crippen LogP contribution in [0.1, 0.15) is 0 Å². The van der Waals surface area contributed by atoms with Crippen LogP contribution in [0.15, 0.2) is 42.6 Å². The van der Waals surface area contributed by atoms with E-state index in [4.69, 9.17) is 27.9 Å². The Kier molecular flexibility index (Phi) is 4.65. The van der Waals surface area contributed by atoms with Gasteiger partial charge in [-0.1, -0.05) is 23.2 Å². The highest BCUT2D eigenvalue weighted by Crippen LogP contribution is 2.22. The van der Waals surface area contributed by atoms with Gasteiger partial charge in [-0.05, 0) is 24.3 Å². The van der Waals surface area contributed by atoms with E-state index in [1.165, 1.54) is 12.3 Å². The Morgan fingerprint density at radius 2 is 1.95 bits per heavy atom. The number of halogens is 2. The lowest BCUT2D eigenvalue weighted by Gasteiger charge is -2.08.